The molecule has 0 fully saturated rings. The number of nitrogens with zero attached hydrogens (tertiary/aromatic N) is 4. The Morgan fingerprint density at radius 2 is 2.04 bits per heavy atom. The molecule has 3 rings (SSSR count). The molecule has 0 radical (unpaired) electrons. The van der Waals surface area contributed by atoms with E-state index in [0.717, 1.165) is 5.56 Å². The van der Waals surface area contributed by atoms with Crippen LogP contribution < -0.4 is 15.5 Å². The van der Waals surface area contributed by atoms with Crippen molar-refractivity contribution < 1.29 is 14.3 Å². The van der Waals surface area contributed by atoms with Gasteiger partial charge in [-0.3, -0.25) is 5.32 Å². The number of fused-ring (bicyclic) bond motifs is 1. The first-order chi connectivity index (χ1) is 13.2. The van der Waals surface area contributed by atoms with Gasteiger partial charge in [-0.15, -0.1) is 0 Å². The third kappa shape index (κ3) is 4.13. The summed E-state index contributed by atoms with van der Waals surface area (Å²) < 4.78 is 5.28. The standard InChI is InChI=1S/C19H24N6O3/c1-19(2,3)28-17(26)22-13-7-6-8-14(9-13)25-15-12(11-24(5)18(25)27)10-21-16(20-4)23-15/h6-10H,11H2,1-5H3,(H,22,26)(H,20,21,23). The zero-order valence-electron chi connectivity index (χ0n) is 16.6. The fraction of sp³-hybridized carbons (Fsp3) is 0.368. The fourth-order valence-electron chi connectivity index (χ4n) is 2.78. The van der Waals surface area contributed by atoms with Crippen LogP contribution in [0.4, 0.5) is 32.7 Å². The van der Waals surface area contributed by atoms with Crippen LogP contribution in [0.2, 0.25) is 0 Å². The van der Waals surface area contributed by atoms with E-state index in [2.05, 4.69) is 20.6 Å². The first-order valence-corrected chi connectivity index (χ1v) is 8.87. The third-order valence-electron chi connectivity index (χ3n) is 3.95. The molecule has 1 aliphatic heterocycles. The van der Waals surface area contributed by atoms with Crippen LogP contribution >= 0.6 is 0 Å². The lowest BCUT2D eigenvalue weighted by Gasteiger charge is -2.34. The van der Waals surface area contributed by atoms with E-state index in [-0.39, 0.29) is 6.03 Å². The van der Waals surface area contributed by atoms with Gasteiger partial charge in [0.25, 0.3) is 0 Å². The highest BCUT2D eigenvalue weighted by Crippen LogP contribution is 2.34. The first kappa shape index (κ1) is 19.4. The second-order valence-corrected chi connectivity index (χ2v) is 7.44. The number of amides is 3. The molecule has 0 aliphatic carbocycles. The molecule has 0 saturated carbocycles. The fourth-order valence-corrected chi connectivity index (χ4v) is 2.78. The van der Waals surface area contributed by atoms with Crippen molar-refractivity contribution in [3.8, 4) is 0 Å². The Morgan fingerprint density at radius 1 is 1.29 bits per heavy atom. The number of aromatic nitrogens is 2. The molecular weight excluding hydrogens is 360 g/mol. The van der Waals surface area contributed by atoms with Crippen molar-refractivity contribution in [2.45, 2.75) is 32.9 Å². The molecule has 2 aromatic rings. The number of urea groups is 1. The molecule has 1 aliphatic rings. The highest BCUT2D eigenvalue weighted by molar-refractivity contribution is 6.01. The summed E-state index contributed by atoms with van der Waals surface area (Å²) in [5.74, 6) is 0.931. The molecule has 2 heterocycles. The summed E-state index contributed by atoms with van der Waals surface area (Å²) in [7, 11) is 3.43. The summed E-state index contributed by atoms with van der Waals surface area (Å²) >= 11 is 0. The molecule has 9 nitrogen and oxygen atoms in total. The molecule has 1 aromatic heterocycles. The lowest BCUT2D eigenvalue weighted by Crippen LogP contribution is -2.43. The summed E-state index contributed by atoms with van der Waals surface area (Å²) in [6.45, 7) is 5.80. The van der Waals surface area contributed by atoms with Crippen LogP contribution in [-0.2, 0) is 11.3 Å². The summed E-state index contributed by atoms with van der Waals surface area (Å²) in [4.78, 5) is 36.7. The maximum Gasteiger partial charge on any atom is 0.412 e. The van der Waals surface area contributed by atoms with Gasteiger partial charge in [0.15, 0.2) is 5.82 Å². The molecule has 148 valence electrons. The lowest BCUT2D eigenvalue weighted by atomic mass is 10.2. The second kappa shape index (κ2) is 7.34. The number of rotatable bonds is 3. The third-order valence-corrected chi connectivity index (χ3v) is 3.95. The summed E-state index contributed by atoms with van der Waals surface area (Å²) in [6.07, 6.45) is 1.14. The number of anilines is 4. The lowest BCUT2D eigenvalue weighted by molar-refractivity contribution is 0.0636. The zero-order valence-corrected chi connectivity index (χ0v) is 16.6. The van der Waals surface area contributed by atoms with Crippen LogP contribution in [0.3, 0.4) is 0 Å². The minimum Gasteiger partial charge on any atom is -0.444 e. The SMILES string of the molecule is CNc1ncc2c(n1)N(c1cccc(NC(=O)OC(C)(C)C)c1)C(=O)N(C)C2. The second-order valence-electron chi connectivity index (χ2n) is 7.44. The number of hydrogen-bond acceptors (Lipinski definition) is 6. The maximum atomic E-state index is 12.9. The molecule has 0 saturated heterocycles. The predicted octanol–water partition coefficient (Wildman–Crippen LogP) is 3.57. The number of nitrogens with one attached hydrogen (secondary N) is 2. The minimum atomic E-state index is -0.605. The smallest absolute Gasteiger partial charge is 0.412 e. The maximum absolute atomic E-state index is 12.9. The van der Waals surface area contributed by atoms with E-state index in [9.17, 15) is 9.59 Å². The molecule has 0 spiro atoms. The number of carbonyl (C=O) groups excluding carboxylic acids is 2. The largest absolute Gasteiger partial charge is 0.444 e. The van der Waals surface area contributed by atoms with Gasteiger partial charge in [0, 0.05) is 31.5 Å². The van der Waals surface area contributed by atoms with Gasteiger partial charge >= 0.3 is 12.1 Å². The normalized spacial score (nSPS) is 13.8. The van der Waals surface area contributed by atoms with Crippen LogP contribution in [0.5, 0.6) is 0 Å². The van der Waals surface area contributed by atoms with E-state index in [4.69, 9.17) is 4.74 Å². The van der Waals surface area contributed by atoms with E-state index >= 15 is 0 Å². The quantitative estimate of drug-likeness (QED) is 0.839. The molecule has 0 bridgehead atoms. The van der Waals surface area contributed by atoms with Crippen LogP contribution in [0, 0.1) is 0 Å². The van der Waals surface area contributed by atoms with Gasteiger partial charge in [-0.05, 0) is 39.0 Å². The predicted molar refractivity (Wildman–Crippen MR) is 107 cm³/mol. The Morgan fingerprint density at radius 3 is 2.71 bits per heavy atom. The van der Waals surface area contributed by atoms with E-state index < -0.39 is 11.7 Å². The molecule has 0 unspecified atom stereocenters. The van der Waals surface area contributed by atoms with Gasteiger partial charge < -0.3 is 15.0 Å². The molecule has 0 atom stereocenters. The van der Waals surface area contributed by atoms with Crippen LogP contribution in [0.25, 0.3) is 0 Å². The van der Waals surface area contributed by atoms with Crippen LogP contribution in [0.15, 0.2) is 30.5 Å². The van der Waals surface area contributed by atoms with Crippen molar-refractivity contribution in [2.24, 2.45) is 0 Å². The highest BCUT2D eigenvalue weighted by Gasteiger charge is 2.31. The summed E-state index contributed by atoms with van der Waals surface area (Å²) in [6, 6.07) is 6.74. The Hall–Kier alpha value is -3.36. The van der Waals surface area contributed by atoms with Gasteiger partial charge in [0.2, 0.25) is 5.95 Å². The number of carbonyl (C=O) groups is 2. The van der Waals surface area contributed by atoms with Gasteiger partial charge in [0.05, 0.1) is 12.2 Å². The highest BCUT2D eigenvalue weighted by atomic mass is 16.6. The van der Waals surface area contributed by atoms with Gasteiger partial charge in [-0.25, -0.2) is 19.5 Å². The zero-order chi connectivity index (χ0) is 20.5. The first-order valence-electron chi connectivity index (χ1n) is 8.87. The number of ether oxygens (including phenoxy) is 1. The van der Waals surface area contributed by atoms with Crippen molar-refractivity contribution in [1.29, 1.82) is 0 Å². The van der Waals surface area contributed by atoms with E-state index in [0.29, 0.717) is 29.7 Å². The average Bonchev–Trinajstić information content (AvgIpc) is 2.61. The Balaban J connectivity index is 1.95. The molecule has 2 N–H and O–H groups in total. The van der Waals surface area contributed by atoms with E-state index in [1.807, 2.05) is 0 Å². The van der Waals surface area contributed by atoms with Crippen molar-refractivity contribution in [1.82, 2.24) is 14.9 Å². The Bertz CT molecular complexity index is 909. The number of hydrogen-bond donors (Lipinski definition) is 2. The topological polar surface area (TPSA) is 99.7 Å². The summed E-state index contributed by atoms with van der Waals surface area (Å²) in [5, 5.41) is 5.58. The molecular formula is C19H24N6O3. The van der Waals surface area contributed by atoms with Gasteiger partial charge in [0.1, 0.15) is 5.60 Å². The van der Waals surface area contributed by atoms with E-state index in [1.54, 1.807) is 70.2 Å². The number of benzene rings is 1. The van der Waals surface area contributed by atoms with Crippen molar-refractivity contribution >= 4 is 35.3 Å². The molecule has 28 heavy (non-hydrogen) atoms. The van der Waals surface area contributed by atoms with Gasteiger partial charge in [-0.2, -0.15) is 4.98 Å². The van der Waals surface area contributed by atoms with Crippen molar-refractivity contribution in [3.63, 3.8) is 0 Å². The summed E-state index contributed by atoms with van der Waals surface area (Å²) in [5.41, 5.74) is 1.31. The van der Waals surface area contributed by atoms with Crippen molar-refractivity contribution in [2.75, 3.05) is 29.6 Å². The monoisotopic (exact) mass is 384 g/mol. The molecule has 9 heteroatoms. The Labute approximate surface area is 163 Å². The van der Waals surface area contributed by atoms with Crippen LogP contribution in [-0.4, -0.2) is 46.7 Å². The van der Waals surface area contributed by atoms with Crippen LogP contribution in [0.1, 0.15) is 26.3 Å². The minimum absolute atomic E-state index is 0.220. The van der Waals surface area contributed by atoms with Gasteiger partial charge in [-0.1, -0.05) is 6.07 Å². The van der Waals surface area contributed by atoms with Crippen molar-refractivity contribution in [3.05, 3.63) is 36.0 Å². The molecule has 1 aromatic carbocycles. The average molecular weight is 384 g/mol. The Kier molecular flexibility index (Phi) is 5.08. The molecule has 3 amide bonds. The van der Waals surface area contributed by atoms with E-state index in [1.165, 1.54) is 4.90 Å².